The summed E-state index contributed by atoms with van der Waals surface area (Å²) in [5.74, 6) is -1.12. The molecule has 3 aliphatic heterocycles. The summed E-state index contributed by atoms with van der Waals surface area (Å²) in [7, 11) is 1.44. The van der Waals surface area contributed by atoms with Crippen LogP contribution >= 0.6 is 11.6 Å². The number of carbonyl (C=O) groups excluding carboxylic acids is 5. The van der Waals surface area contributed by atoms with E-state index in [0.29, 0.717) is 40.9 Å². The quantitative estimate of drug-likeness (QED) is 0.117. The molecule has 1 atom stereocenters. The Labute approximate surface area is 343 Å². The first-order valence-electron chi connectivity index (χ1n) is 19.9. The Kier molecular flexibility index (Phi) is 14.4. The van der Waals surface area contributed by atoms with Crippen molar-refractivity contribution in [1.82, 2.24) is 25.3 Å². The van der Waals surface area contributed by atoms with Gasteiger partial charge in [0.2, 0.25) is 5.91 Å². The molecule has 0 spiro atoms. The van der Waals surface area contributed by atoms with Crippen molar-refractivity contribution in [3.8, 4) is 11.8 Å². The number of aliphatic imine (C=N–C) groups is 2. The van der Waals surface area contributed by atoms with Crippen LogP contribution in [0.1, 0.15) is 77.6 Å². The van der Waals surface area contributed by atoms with Gasteiger partial charge in [0.1, 0.15) is 24.1 Å². The maximum Gasteiger partial charge on any atom is 0.262 e. The summed E-state index contributed by atoms with van der Waals surface area (Å²) in [5, 5.41) is 15.1. The normalized spacial score (nSPS) is 21.4. The number of carbonyl (C=O) groups is 5. The van der Waals surface area contributed by atoms with E-state index in [2.05, 4.69) is 42.0 Å². The van der Waals surface area contributed by atoms with Crippen molar-refractivity contribution in [3.05, 3.63) is 69.9 Å². The van der Waals surface area contributed by atoms with E-state index < -0.39 is 23.8 Å². The van der Waals surface area contributed by atoms with Crippen molar-refractivity contribution in [2.45, 2.75) is 75.6 Å². The molecule has 3 heterocycles. The third-order valence-corrected chi connectivity index (χ3v) is 11.8. The van der Waals surface area contributed by atoms with E-state index in [1.165, 1.54) is 13.2 Å². The molecule has 1 aliphatic carbocycles. The van der Waals surface area contributed by atoms with Gasteiger partial charge in [-0.05, 0) is 82.0 Å². The highest BCUT2D eigenvalue weighted by molar-refractivity contribution is 6.31. The number of fused-ring (bicyclic) bond motifs is 1. The summed E-state index contributed by atoms with van der Waals surface area (Å²) in [6, 6.07) is 11.8. The third kappa shape index (κ3) is 9.98. The van der Waals surface area contributed by atoms with Gasteiger partial charge in [0, 0.05) is 89.0 Å². The summed E-state index contributed by atoms with van der Waals surface area (Å²) >= 11 is 6.15. The summed E-state index contributed by atoms with van der Waals surface area (Å²) in [5.41, 5.74) is 2.18. The number of nitriles is 1. The smallest absolute Gasteiger partial charge is 0.262 e. The number of likely N-dealkylation sites (N-methyl/N-ethyl adjacent to an activating group) is 1. The number of halogens is 1. The summed E-state index contributed by atoms with van der Waals surface area (Å²) in [6.45, 7) is 9.12. The van der Waals surface area contributed by atoms with E-state index in [1.807, 2.05) is 12.1 Å². The maximum atomic E-state index is 13.4. The fraction of sp³-hybridized carbons (Fsp3) is 0.476. The molecule has 16 heteroatoms. The third-order valence-electron chi connectivity index (χ3n) is 11.5. The summed E-state index contributed by atoms with van der Waals surface area (Å²) < 4.78 is 6.08. The number of nitrogens with zero attached hydrogens (tertiary/aromatic N) is 7. The Morgan fingerprint density at radius 1 is 1.00 bits per heavy atom. The highest BCUT2D eigenvalue weighted by Crippen LogP contribution is 2.32. The highest BCUT2D eigenvalue weighted by atomic mass is 35.5. The zero-order valence-corrected chi connectivity index (χ0v) is 33.5. The number of benzene rings is 2. The Hall–Kier alpha value is -5.43. The van der Waals surface area contributed by atoms with Crippen LogP contribution in [0, 0.1) is 11.3 Å². The van der Waals surface area contributed by atoms with Crippen LogP contribution in [0.25, 0.3) is 0 Å². The fourth-order valence-corrected chi connectivity index (χ4v) is 8.42. The minimum absolute atomic E-state index is 0.000821. The molecule has 0 bridgehead atoms. The molecule has 0 radical (unpaired) electrons. The number of anilines is 1. The zero-order valence-electron chi connectivity index (χ0n) is 32.8. The lowest BCUT2D eigenvalue weighted by atomic mass is 9.92. The monoisotopic (exact) mass is 811 g/mol. The minimum atomic E-state index is -1.04. The van der Waals surface area contributed by atoms with Gasteiger partial charge >= 0.3 is 0 Å². The van der Waals surface area contributed by atoms with Crippen molar-refractivity contribution in [3.63, 3.8) is 0 Å². The molecule has 2 aromatic carbocycles. The first-order valence-corrected chi connectivity index (χ1v) is 20.2. The van der Waals surface area contributed by atoms with Gasteiger partial charge in [-0.1, -0.05) is 11.6 Å². The second-order valence-electron chi connectivity index (χ2n) is 15.0. The number of aldehydes is 1. The number of rotatable bonds is 15. The lowest BCUT2D eigenvalue weighted by Crippen LogP contribution is -2.53. The van der Waals surface area contributed by atoms with E-state index in [4.69, 9.17) is 21.6 Å². The van der Waals surface area contributed by atoms with Crippen molar-refractivity contribution >= 4 is 60.1 Å². The molecule has 15 nitrogen and oxygen atoms in total. The van der Waals surface area contributed by atoms with Gasteiger partial charge in [0.05, 0.1) is 40.1 Å². The minimum Gasteiger partial charge on any atom is -0.490 e. The molecule has 6 rings (SSSR count). The van der Waals surface area contributed by atoms with Crippen LogP contribution in [0.3, 0.4) is 0 Å². The van der Waals surface area contributed by atoms with Gasteiger partial charge in [-0.15, -0.1) is 0 Å². The van der Waals surface area contributed by atoms with Crippen molar-refractivity contribution < 1.29 is 28.7 Å². The number of hydrogen-bond acceptors (Lipinski definition) is 12. The van der Waals surface area contributed by atoms with Crippen molar-refractivity contribution in [2.75, 3.05) is 57.9 Å². The van der Waals surface area contributed by atoms with Crippen LogP contribution in [-0.2, 0) is 14.4 Å². The van der Waals surface area contributed by atoms with E-state index in [9.17, 15) is 24.0 Å². The Morgan fingerprint density at radius 2 is 1.72 bits per heavy atom. The maximum absolute atomic E-state index is 13.4. The molecular weight excluding hydrogens is 762 g/mol. The SMILES string of the molecule is C=N/C=C(\C=NCN1CCN(C2CCN(c3ccc4c(c3)C(=O)N(C(CCC=O)C(=O)NC)C4=O)CC2)CC1)C(=O)NC1CCC(Oc2ccc(C#N)c(Cl)c2)CC1. The number of ether oxygens (including phenoxy) is 1. The van der Waals surface area contributed by atoms with Crippen LogP contribution < -0.4 is 20.3 Å². The molecule has 4 aliphatic rings. The van der Waals surface area contributed by atoms with E-state index in [1.54, 1.807) is 36.5 Å². The summed E-state index contributed by atoms with van der Waals surface area (Å²) in [6.07, 6.45) is 8.79. The van der Waals surface area contributed by atoms with Crippen LogP contribution in [-0.4, -0.2) is 135 Å². The molecule has 2 saturated heterocycles. The number of hydrogen-bond donors (Lipinski definition) is 2. The summed E-state index contributed by atoms with van der Waals surface area (Å²) in [4.78, 5) is 79.8. The first-order chi connectivity index (χ1) is 28.1. The molecule has 58 heavy (non-hydrogen) atoms. The van der Waals surface area contributed by atoms with Crippen LogP contribution in [0.15, 0.2) is 58.2 Å². The Balaban J connectivity index is 0.920. The van der Waals surface area contributed by atoms with E-state index in [-0.39, 0.29) is 42.0 Å². The molecule has 1 unspecified atom stereocenters. The Bertz CT molecular complexity index is 1970. The van der Waals surface area contributed by atoms with Gasteiger partial charge in [-0.3, -0.25) is 43.9 Å². The second-order valence-corrected chi connectivity index (χ2v) is 15.4. The number of imide groups is 1. The topological polar surface area (TPSA) is 180 Å². The standard InChI is InChI=1S/C42H50ClN9O6/c1-45-25-29(39(54)48-30-6-10-33(11-7-30)58-34-9-5-28(24-44)37(43)23-34)26-47-27-49-17-19-51(20-18-49)31-13-15-50(16-14-31)32-8-12-35-36(22-32)42(57)52(41(35)56)38(4-3-21-53)40(55)46-2/h5,8-9,12,21-23,25-26,30-31,33,38H,1,3-4,6-7,10-11,13-20,27H2,2H3,(H,46,55)(H,48,54)/b29-25+,47-26?. The number of nitrogens with one attached hydrogen (secondary N) is 2. The van der Waals surface area contributed by atoms with Gasteiger partial charge in [-0.2, -0.15) is 5.26 Å². The van der Waals surface area contributed by atoms with Gasteiger partial charge < -0.3 is 25.1 Å². The predicted molar refractivity (Wildman–Crippen MR) is 220 cm³/mol. The number of piperazine rings is 1. The molecule has 2 N–H and O–H groups in total. The average Bonchev–Trinajstić information content (AvgIpc) is 3.49. The van der Waals surface area contributed by atoms with Crippen LogP contribution in [0.5, 0.6) is 5.75 Å². The first kappa shape index (κ1) is 42.2. The van der Waals surface area contributed by atoms with Gasteiger partial charge in [0.15, 0.2) is 0 Å². The lowest BCUT2D eigenvalue weighted by Gasteiger charge is -2.43. The van der Waals surface area contributed by atoms with Crippen molar-refractivity contribution in [2.24, 2.45) is 9.98 Å². The van der Waals surface area contributed by atoms with Crippen LogP contribution in [0.2, 0.25) is 5.02 Å². The largest absolute Gasteiger partial charge is 0.490 e. The molecular formula is C42H50ClN9O6. The lowest BCUT2D eigenvalue weighted by molar-refractivity contribution is -0.124. The predicted octanol–water partition coefficient (Wildman–Crippen LogP) is 3.61. The molecule has 306 valence electrons. The van der Waals surface area contributed by atoms with Gasteiger partial charge in [0.25, 0.3) is 17.7 Å². The van der Waals surface area contributed by atoms with E-state index in [0.717, 1.165) is 88.4 Å². The Morgan fingerprint density at radius 3 is 2.38 bits per heavy atom. The molecule has 1 saturated carbocycles. The number of piperidine rings is 1. The van der Waals surface area contributed by atoms with E-state index >= 15 is 0 Å². The number of amides is 4. The zero-order chi connectivity index (χ0) is 41.2. The van der Waals surface area contributed by atoms with Crippen molar-refractivity contribution in [1.29, 1.82) is 5.26 Å². The second kappa shape index (κ2) is 19.8. The average molecular weight is 812 g/mol. The van der Waals surface area contributed by atoms with Crippen LogP contribution in [0.4, 0.5) is 5.69 Å². The molecule has 0 aromatic heterocycles. The molecule has 4 amide bonds. The fourth-order valence-electron chi connectivity index (χ4n) is 8.21. The molecule has 3 fully saturated rings. The molecule has 2 aromatic rings. The van der Waals surface area contributed by atoms with Gasteiger partial charge in [-0.25, -0.2) is 0 Å². The highest BCUT2D eigenvalue weighted by Gasteiger charge is 2.43.